The zero-order valence-electron chi connectivity index (χ0n) is 8.56. The Bertz CT molecular complexity index is 367. The monoisotopic (exact) mass is 200 g/mol. The molecule has 1 radical (unpaired) electrons. The fourth-order valence-electron chi connectivity index (χ4n) is 1.42. The predicted molar refractivity (Wildman–Crippen MR) is 60.6 cm³/mol. The van der Waals surface area contributed by atoms with Gasteiger partial charge in [-0.25, -0.2) is 4.98 Å². The SMILES string of the molecule is [c]1cccc(NCCCn2ccnc2)c1. The molecule has 3 nitrogen and oxygen atoms in total. The molecule has 1 N–H and O–H groups in total. The molecule has 3 heteroatoms. The van der Waals surface area contributed by atoms with Crippen molar-refractivity contribution in [2.24, 2.45) is 0 Å². The smallest absolute Gasteiger partial charge is 0.0945 e. The van der Waals surface area contributed by atoms with Gasteiger partial charge in [0, 0.05) is 31.2 Å². The van der Waals surface area contributed by atoms with Crippen LogP contribution in [0.4, 0.5) is 5.69 Å². The topological polar surface area (TPSA) is 29.9 Å². The first kappa shape index (κ1) is 9.77. The Balaban J connectivity index is 1.68. The second kappa shape index (κ2) is 5.20. The summed E-state index contributed by atoms with van der Waals surface area (Å²) in [6.45, 7) is 1.97. The first-order valence-electron chi connectivity index (χ1n) is 5.11. The number of benzene rings is 1. The minimum absolute atomic E-state index is 0.968. The van der Waals surface area contributed by atoms with Crippen molar-refractivity contribution >= 4 is 5.69 Å². The van der Waals surface area contributed by atoms with Crippen LogP contribution in [0.5, 0.6) is 0 Å². The van der Waals surface area contributed by atoms with E-state index in [1.165, 1.54) is 0 Å². The lowest BCUT2D eigenvalue weighted by Gasteiger charge is -2.05. The molecule has 77 valence electrons. The van der Waals surface area contributed by atoms with Crippen LogP contribution in [-0.2, 0) is 6.54 Å². The van der Waals surface area contributed by atoms with E-state index in [2.05, 4.69) is 20.9 Å². The van der Waals surface area contributed by atoms with Crippen molar-refractivity contribution in [1.29, 1.82) is 0 Å². The molecule has 1 heterocycles. The third-order valence-corrected chi connectivity index (χ3v) is 2.19. The van der Waals surface area contributed by atoms with Gasteiger partial charge in [-0.2, -0.15) is 0 Å². The van der Waals surface area contributed by atoms with Gasteiger partial charge in [-0.1, -0.05) is 12.1 Å². The molecule has 2 rings (SSSR count). The maximum Gasteiger partial charge on any atom is 0.0945 e. The molecular formula is C12H14N3. The Labute approximate surface area is 89.8 Å². The Morgan fingerprint density at radius 2 is 2.47 bits per heavy atom. The molecule has 0 saturated heterocycles. The normalized spacial score (nSPS) is 10.1. The zero-order chi connectivity index (χ0) is 10.3. The third-order valence-electron chi connectivity index (χ3n) is 2.19. The molecule has 0 unspecified atom stereocenters. The second-order valence-corrected chi connectivity index (χ2v) is 3.37. The molecule has 0 aliphatic carbocycles. The number of nitrogens with one attached hydrogen (secondary N) is 1. The van der Waals surface area contributed by atoms with E-state index < -0.39 is 0 Å². The maximum atomic E-state index is 4.00. The highest BCUT2D eigenvalue weighted by Gasteiger charge is 1.91. The number of hydrogen-bond donors (Lipinski definition) is 1. The summed E-state index contributed by atoms with van der Waals surface area (Å²) in [7, 11) is 0. The van der Waals surface area contributed by atoms with Gasteiger partial charge in [0.15, 0.2) is 0 Å². The number of aromatic nitrogens is 2. The van der Waals surface area contributed by atoms with Crippen molar-refractivity contribution in [2.75, 3.05) is 11.9 Å². The van der Waals surface area contributed by atoms with Gasteiger partial charge >= 0.3 is 0 Å². The fourth-order valence-corrected chi connectivity index (χ4v) is 1.42. The Hall–Kier alpha value is -1.77. The highest BCUT2D eigenvalue weighted by molar-refractivity contribution is 5.41. The average molecular weight is 200 g/mol. The third kappa shape index (κ3) is 3.13. The summed E-state index contributed by atoms with van der Waals surface area (Å²) in [5.41, 5.74) is 1.13. The van der Waals surface area contributed by atoms with Gasteiger partial charge in [-0.3, -0.25) is 0 Å². The van der Waals surface area contributed by atoms with Crippen LogP contribution in [0.25, 0.3) is 0 Å². The lowest BCUT2D eigenvalue weighted by Crippen LogP contribution is -2.05. The number of hydrogen-bond acceptors (Lipinski definition) is 2. The van der Waals surface area contributed by atoms with Gasteiger partial charge in [-0.15, -0.1) is 0 Å². The van der Waals surface area contributed by atoms with Crippen LogP contribution in [0, 0.1) is 6.07 Å². The predicted octanol–water partition coefficient (Wildman–Crippen LogP) is 2.19. The summed E-state index contributed by atoms with van der Waals surface area (Å²) in [5.74, 6) is 0. The molecule has 2 aromatic rings. The van der Waals surface area contributed by atoms with E-state index >= 15 is 0 Å². The lowest BCUT2D eigenvalue weighted by molar-refractivity contribution is 0.661. The molecule has 1 aromatic heterocycles. The number of nitrogens with zero attached hydrogens (tertiary/aromatic N) is 2. The Kier molecular flexibility index (Phi) is 3.38. The zero-order valence-corrected chi connectivity index (χ0v) is 8.56. The van der Waals surface area contributed by atoms with E-state index in [0.29, 0.717) is 0 Å². The molecule has 0 bridgehead atoms. The van der Waals surface area contributed by atoms with Gasteiger partial charge in [0.2, 0.25) is 0 Å². The summed E-state index contributed by atoms with van der Waals surface area (Å²) >= 11 is 0. The fraction of sp³-hybridized carbons (Fsp3) is 0.250. The lowest BCUT2D eigenvalue weighted by atomic mass is 10.3. The summed E-state index contributed by atoms with van der Waals surface area (Å²) in [6.07, 6.45) is 6.72. The van der Waals surface area contributed by atoms with Crippen molar-refractivity contribution < 1.29 is 0 Å². The molecule has 0 saturated carbocycles. The highest BCUT2D eigenvalue weighted by atomic mass is 15.0. The van der Waals surface area contributed by atoms with Crippen molar-refractivity contribution in [2.45, 2.75) is 13.0 Å². The number of rotatable bonds is 5. The molecule has 1 aromatic carbocycles. The minimum atomic E-state index is 0.968. The molecule has 0 aliphatic rings. The molecule has 0 amide bonds. The Morgan fingerprint density at radius 1 is 1.47 bits per heavy atom. The van der Waals surface area contributed by atoms with Crippen LogP contribution >= 0.6 is 0 Å². The maximum absolute atomic E-state index is 4.00. The average Bonchev–Trinajstić information content (AvgIpc) is 2.79. The Morgan fingerprint density at radius 3 is 3.20 bits per heavy atom. The summed E-state index contributed by atoms with van der Waals surface area (Å²) < 4.78 is 2.08. The summed E-state index contributed by atoms with van der Waals surface area (Å²) in [4.78, 5) is 4.00. The van der Waals surface area contributed by atoms with Crippen LogP contribution in [0.1, 0.15) is 6.42 Å². The largest absolute Gasteiger partial charge is 0.385 e. The van der Waals surface area contributed by atoms with E-state index in [4.69, 9.17) is 0 Å². The quantitative estimate of drug-likeness (QED) is 0.750. The van der Waals surface area contributed by atoms with Crippen LogP contribution in [0.3, 0.4) is 0 Å². The van der Waals surface area contributed by atoms with E-state index in [0.717, 1.165) is 25.2 Å². The first-order chi connectivity index (χ1) is 7.45. The van der Waals surface area contributed by atoms with Crippen LogP contribution in [-0.4, -0.2) is 16.1 Å². The molecule has 0 atom stereocenters. The van der Waals surface area contributed by atoms with Gasteiger partial charge in [-0.05, 0) is 24.6 Å². The van der Waals surface area contributed by atoms with Gasteiger partial charge in [0.1, 0.15) is 0 Å². The number of aryl methyl sites for hydroxylation is 1. The van der Waals surface area contributed by atoms with Crippen LogP contribution in [0.2, 0.25) is 0 Å². The highest BCUT2D eigenvalue weighted by Crippen LogP contribution is 2.04. The van der Waals surface area contributed by atoms with E-state index in [1.807, 2.05) is 36.8 Å². The molecule has 0 spiro atoms. The van der Waals surface area contributed by atoms with E-state index in [1.54, 1.807) is 6.20 Å². The second-order valence-electron chi connectivity index (χ2n) is 3.37. The molecule has 0 fully saturated rings. The molecule has 15 heavy (non-hydrogen) atoms. The summed E-state index contributed by atoms with van der Waals surface area (Å²) in [6, 6.07) is 10.9. The molecular weight excluding hydrogens is 186 g/mol. The van der Waals surface area contributed by atoms with Crippen molar-refractivity contribution in [3.05, 3.63) is 49.1 Å². The van der Waals surface area contributed by atoms with Crippen LogP contribution < -0.4 is 5.32 Å². The number of anilines is 1. The van der Waals surface area contributed by atoms with Crippen molar-refractivity contribution in [3.63, 3.8) is 0 Å². The summed E-state index contributed by atoms with van der Waals surface area (Å²) in [5, 5.41) is 3.34. The first-order valence-corrected chi connectivity index (χ1v) is 5.11. The van der Waals surface area contributed by atoms with Gasteiger partial charge < -0.3 is 9.88 Å². The number of imidazole rings is 1. The van der Waals surface area contributed by atoms with Crippen molar-refractivity contribution in [1.82, 2.24) is 9.55 Å². The van der Waals surface area contributed by atoms with Crippen LogP contribution in [0.15, 0.2) is 43.0 Å². The minimum Gasteiger partial charge on any atom is -0.385 e. The standard InChI is InChI=1S/C12H14N3/c1-2-5-12(6-3-1)14-7-4-9-15-10-8-13-11-15/h1-2,5-6,8,10-11,14H,4,7,9H2. The van der Waals surface area contributed by atoms with Gasteiger partial charge in [0.25, 0.3) is 0 Å². The molecule has 0 aliphatic heterocycles. The van der Waals surface area contributed by atoms with E-state index in [9.17, 15) is 0 Å². The van der Waals surface area contributed by atoms with Gasteiger partial charge in [0.05, 0.1) is 6.33 Å². The van der Waals surface area contributed by atoms with Crippen molar-refractivity contribution in [3.8, 4) is 0 Å². The van der Waals surface area contributed by atoms with E-state index in [-0.39, 0.29) is 0 Å².